The maximum atomic E-state index is 13.2. The van der Waals surface area contributed by atoms with Gasteiger partial charge in [0.1, 0.15) is 5.69 Å². The van der Waals surface area contributed by atoms with E-state index in [1.165, 1.54) is 12.8 Å². The summed E-state index contributed by atoms with van der Waals surface area (Å²) in [7, 11) is 0. The Labute approximate surface area is 147 Å². The highest BCUT2D eigenvalue weighted by molar-refractivity contribution is 5.96. The molecule has 0 bridgehead atoms. The molecule has 4 heterocycles. The smallest absolute Gasteiger partial charge is 0.254 e. The van der Waals surface area contributed by atoms with Gasteiger partial charge in [0.05, 0.1) is 6.26 Å². The second-order valence-corrected chi connectivity index (χ2v) is 7.60. The summed E-state index contributed by atoms with van der Waals surface area (Å²) in [5.41, 5.74) is 1.71. The third kappa shape index (κ3) is 2.49. The Morgan fingerprint density at radius 2 is 2.08 bits per heavy atom. The Morgan fingerprint density at radius 3 is 2.80 bits per heavy atom. The third-order valence-corrected chi connectivity index (χ3v) is 6.05. The van der Waals surface area contributed by atoms with Gasteiger partial charge in [-0.2, -0.15) is 0 Å². The number of furan rings is 1. The van der Waals surface area contributed by atoms with Gasteiger partial charge in [-0.1, -0.05) is 0 Å². The minimum atomic E-state index is 0.129. The summed E-state index contributed by atoms with van der Waals surface area (Å²) >= 11 is 0. The first kappa shape index (κ1) is 15.1. The largest absolute Gasteiger partial charge is 0.463 e. The van der Waals surface area contributed by atoms with E-state index in [-0.39, 0.29) is 5.91 Å². The van der Waals surface area contributed by atoms with Gasteiger partial charge in [0, 0.05) is 43.0 Å². The molecule has 25 heavy (non-hydrogen) atoms. The van der Waals surface area contributed by atoms with Crippen LogP contribution in [-0.2, 0) is 4.74 Å². The van der Waals surface area contributed by atoms with E-state index >= 15 is 0 Å². The van der Waals surface area contributed by atoms with Crippen LogP contribution in [-0.4, -0.2) is 41.6 Å². The van der Waals surface area contributed by atoms with E-state index in [0.717, 1.165) is 32.6 Å². The van der Waals surface area contributed by atoms with Crippen molar-refractivity contribution < 1.29 is 13.9 Å². The molecule has 3 fully saturated rings. The zero-order chi connectivity index (χ0) is 16.9. The molecule has 1 amide bonds. The minimum absolute atomic E-state index is 0.129. The molecule has 0 radical (unpaired) electrons. The van der Waals surface area contributed by atoms with Crippen LogP contribution in [0.2, 0.25) is 0 Å². The fourth-order valence-corrected chi connectivity index (χ4v) is 4.63. The molecule has 2 saturated heterocycles. The van der Waals surface area contributed by atoms with E-state index in [4.69, 9.17) is 9.15 Å². The molecule has 130 valence electrons. The van der Waals surface area contributed by atoms with Crippen LogP contribution in [0.1, 0.15) is 36.0 Å². The number of hydrogen-bond acceptors (Lipinski definition) is 4. The molecule has 1 spiro atoms. The standard InChI is InChI=1S/C20H22N2O3/c23-19(15-5-8-21-16(12-15)17-2-1-9-25-17)22-13-20(6-10-24-11-7-20)18(22)14-3-4-14/h1-2,5,8-9,12,14,18H,3-4,6-7,10-11,13H2. The molecule has 5 nitrogen and oxygen atoms in total. The predicted octanol–water partition coefficient (Wildman–Crippen LogP) is 3.37. The number of carbonyl (C=O) groups excluding carboxylic acids is 1. The van der Waals surface area contributed by atoms with Crippen LogP contribution < -0.4 is 0 Å². The second kappa shape index (κ2) is 5.70. The number of ether oxygens (including phenoxy) is 1. The monoisotopic (exact) mass is 338 g/mol. The van der Waals surface area contributed by atoms with E-state index in [0.29, 0.717) is 34.4 Å². The van der Waals surface area contributed by atoms with Gasteiger partial charge in [0.2, 0.25) is 0 Å². The van der Waals surface area contributed by atoms with E-state index in [1.807, 2.05) is 24.3 Å². The van der Waals surface area contributed by atoms with Gasteiger partial charge in [-0.3, -0.25) is 9.78 Å². The van der Waals surface area contributed by atoms with Crippen molar-refractivity contribution in [1.82, 2.24) is 9.88 Å². The SMILES string of the molecule is O=C(c1ccnc(-c2ccco2)c1)N1CC2(CCOCC2)C1C1CC1. The van der Waals surface area contributed by atoms with Crippen molar-refractivity contribution in [2.45, 2.75) is 31.7 Å². The lowest BCUT2D eigenvalue weighted by atomic mass is 9.64. The molecular weight excluding hydrogens is 316 g/mol. The van der Waals surface area contributed by atoms with E-state index in [1.54, 1.807) is 12.5 Å². The predicted molar refractivity (Wildman–Crippen MR) is 92.0 cm³/mol. The number of carbonyl (C=O) groups is 1. The lowest BCUT2D eigenvalue weighted by Crippen LogP contribution is -2.68. The van der Waals surface area contributed by atoms with Crippen LogP contribution in [0.15, 0.2) is 41.1 Å². The number of aromatic nitrogens is 1. The zero-order valence-corrected chi connectivity index (χ0v) is 14.2. The van der Waals surface area contributed by atoms with Gasteiger partial charge in [0.25, 0.3) is 5.91 Å². The summed E-state index contributed by atoms with van der Waals surface area (Å²) in [6, 6.07) is 7.75. The Hall–Kier alpha value is -2.14. The summed E-state index contributed by atoms with van der Waals surface area (Å²) in [5.74, 6) is 1.50. The molecule has 3 aliphatic rings. The van der Waals surface area contributed by atoms with Crippen molar-refractivity contribution in [1.29, 1.82) is 0 Å². The number of amides is 1. The van der Waals surface area contributed by atoms with E-state index < -0.39 is 0 Å². The van der Waals surface area contributed by atoms with Gasteiger partial charge in [-0.25, -0.2) is 0 Å². The molecule has 2 aliphatic heterocycles. The van der Waals surface area contributed by atoms with Gasteiger partial charge in [0.15, 0.2) is 5.76 Å². The van der Waals surface area contributed by atoms with Gasteiger partial charge >= 0.3 is 0 Å². The lowest BCUT2D eigenvalue weighted by molar-refractivity contribution is -0.120. The molecule has 5 heteroatoms. The topological polar surface area (TPSA) is 55.6 Å². The van der Waals surface area contributed by atoms with Crippen molar-refractivity contribution in [2.24, 2.45) is 11.3 Å². The summed E-state index contributed by atoms with van der Waals surface area (Å²) in [5, 5.41) is 0. The zero-order valence-electron chi connectivity index (χ0n) is 14.2. The molecule has 1 saturated carbocycles. The molecule has 1 aliphatic carbocycles. The first-order chi connectivity index (χ1) is 12.3. The summed E-state index contributed by atoms with van der Waals surface area (Å²) in [4.78, 5) is 19.6. The highest BCUT2D eigenvalue weighted by Crippen LogP contribution is 2.55. The molecule has 2 aromatic rings. The Kier molecular flexibility index (Phi) is 3.45. The molecular formula is C20H22N2O3. The number of rotatable bonds is 3. The van der Waals surface area contributed by atoms with Crippen LogP contribution in [0.3, 0.4) is 0 Å². The average Bonchev–Trinajstić information content (AvgIpc) is 3.30. The van der Waals surface area contributed by atoms with Gasteiger partial charge < -0.3 is 14.1 Å². The van der Waals surface area contributed by atoms with Crippen LogP contribution in [0.25, 0.3) is 11.5 Å². The van der Waals surface area contributed by atoms with Crippen molar-refractivity contribution in [3.05, 3.63) is 42.3 Å². The third-order valence-electron chi connectivity index (χ3n) is 6.05. The van der Waals surface area contributed by atoms with Crippen LogP contribution in [0.5, 0.6) is 0 Å². The number of nitrogens with zero attached hydrogens (tertiary/aromatic N) is 2. The van der Waals surface area contributed by atoms with Crippen LogP contribution in [0.4, 0.5) is 0 Å². The maximum Gasteiger partial charge on any atom is 0.254 e. The van der Waals surface area contributed by atoms with Crippen LogP contribution in [0, 0.1) is 11.3 Å². The van der Waals surface area contributed by atoms with Crippen molar-refractivity contribution in [2.75, 3.05) is 19.8 Å². The van der Waals surface area contributed by atoms with Crippen LogP contribution >= 0.6 is 0 Å². The number of hydrogen-bond donors (Lipinski definition) is 0. The second-order valence-electron chi connectivity index (χ2n) is 7.60. The maximum absolute atomic E-state index is 13.2. The molecule has 0 N–H and O–H groups in total. The molecule has 1 atom stereocenters. The fraction of sp³-hybridized carbons (Fsp3) is 0.500. The van der Waals surface area contributed by atoms with E-state index in [2.05, 4.69) is 9.88 Å². The summed E-state index contributed by atoms with van der Waals surface area (Å²) < 4.78 is 11.0. The summed E-state index contributed by atoms with van der Waals surface area (Å²) in [6.07, 6.45) is 8.01. The Bertz CT molecular complexity index is 776. The van der Waals surface area contributed by atoms with Gasteiger partial charge in [-0.15, -0.1) is 0 Å². The first-order valence-electron chi connectivity index (χ1n) is 9.16. The van der Waals surface area contributed by atoms with E-state index in [9.17, 15) is 4.79 Å². The number of pyridine rings is 1. The highest BCUT2D eigenvalue weighted by Gasteiger charge is 2.59. The first-order valence-corrected chi connectivity index (χ1v) is 9.16. The normalized spacial score (nSPS) is 25.0. The fourth-order valence-electron chi connectivity index (χ4n) is 4.63. The average molecular weight is 338 g/mol. The molecule has 1 unspecified atom stereocenters. The quantitative estimate of drug-likeness (QED) is 0.861. The summed E-state index contributed by atoms with van der Waals surface area (Å²) in [6.45, 7) is 2.54. The number of likely N-dealkylation sites (tertiary alicyclic amines) is 1. The Morgan fingerprint density at radius 1 is 1.24 bits per heavy atom. The Balaban J connectivity index is 1.40. The van der Waals surface area contributed by atoms with Crippen molar-refractivity contribution in [3.63, 3.8) is 0 Å². The molecule has 0 aromatic carbocycles. The lowest BCUT2D eigenvalue weighted by Gasteiger charge is -2.59. The van der Waals surface area contributed by atoms with Crippen molar-refractivity contribution in [3.8, 4) is 11.5 Å². The molecule has 2 aromatic heterocycles. The van der Waals surface area contributed by atoms with Crippen molar-refractivity contribution >= 4 is 5.91 Å². The highest BCUT2D eigenvalue weighted by atomic mass is 16.5. The minimum Gasteiger partial charge on any atom is -0.463 e. The molecule has 5 rings (SSSR count). The van der Waals surface area contributed by atoms with Gasteiger partial charge in [-0.05, 0) is 55.9 Å².